The van der Waals surface area contributed by atoms with Crippen LogP contribution in [0.2, 0.25) is 5.02 Å². The average Bonchev–Trinajstić information content (AvgIpc) is 2.47. The number of nitriles is 1. The van der Waals surface area contributed by atoms with E-state index in [0.29, 0.717) is 18.2 Å². The van der Waals surface area contributed by atoms with E-state index in [1.807, 2.05) is 6.07 Å². The molecule has 0 aromatic heterocycles. The molecule has 0 N–H and O–H groups in total. The van der Waals surface area contributed by atoms with Crippen LogP contribution in [0.1, 0.15) is 17.2 Å². The predicted molar refractivity (Wildman–Crippen MR) is 77.7 cm³/mol. The summed E-state index contributed by atoms with van der Waals surface area (Å²) in [7, 11) is 2.11. The summed E-state index contributed by atoms with van der Waals surface area (Å²) in [5, 5.41) is 9.18. The second kappa shape index (κ2) is 5.90. The van der Waals surface area contributed by atoms with Crippen molar-refractivity contribution in [3.63, 3.8) is 0 Å². The van der Waals surface area contributed by atoms with Gasteiger partial charge in [0.1, 0.15) is 17.4 Å². The Labute approximate surface area is 128 Å². The van der Waals surface area contributed by atoms with E-state index in [0.717, 1.165) is 26.2 Å². The second-order valence-electron chi connectivity index (χ2n) is 5.67. The second-order valence-corrected chi connectivity index (χ2v) is 6.05. The summed E-state index contributed by atoms with van der Waals surface area (Å²) in [5.41, 5.74) is 0.602. The maximum Gasteiger partial charge on any atom is 0.142 e. The summed E-state index contributed by atoms with van der Waals surface area (Å²) >= 11 is 6.18. The van der Waals surface area contributed by atoms with Crippen molar-refractivity contribution in [2.24, 2.45) is 0 Å². The molecule has 2 saturated heterocycles. The molecule has 2 aliphatic rings. The van der Waals surface area contributed by atoms with E-state index >= 15 is 0 Å². The highest BCUT2D eigenvalue weighted by atomic mass is 35.5. The number of likely N-dealkylation sites (N-methyl/N-ethyl adjacent to an activating group) is 1. The molecule has 2 atom stereocenters. The quantitative estimate of drug-likeness (QED) is 0.796. The zero-order valence-electron chi connectivity index (χ0n) is 11.9. The van der Waals surface area contributed by atoms with Gasteiger partial charge in [-0.1, -0.05) is 17.7 Å². The number of benzene rings is 1. The fourth-order valence-corrected chi connectivity index (χ4v) is 3.36. The van der Waals surface area contributed by atoms with Crippen molar-refractivity contribution in [3.05, 3.63) is 34.1 Å². The molecular weight excluding hydrogens is 293 g/mol. The minimum Gasteiger partial charge on any atom is -0.370 e. The van der Waals surface area contributed by atoms with Crippen LogP contribution in [0.3, 0.4) is 0 Å². The molecule has 0 aliphatic carbocycles. The molecular formula is C15H17ClFN3O. The molecule has 1 aromatic carbocycles. The number of piperazine rings is 1. The third-order valence-corrected chi connectivity index (χ3v) is 4.68. The molecule has 2 heterocycles. The van der Waals surface area contributed by atoms with Crippen molar-refractivity contribution in [1.82, 2.24) is 9.80 Å². The van der Waals surface area contributed by atoms with Gasteiger partial charge in [-0.2, -0.15) is 5.26 Å². The molecule has 0 saturated carbocycles. The van der Waals surface area contributed by atoms with Crippen molar-refractivity contribution in [3.8, 4) is 6.07 Å². The molecule has 4 nitrogen and oxygen atoms in total. The third kappa shape index (κ3) is 2.77. The van der Waals surface area contributed by atoms with E-state index in [9.17, 15) is 4.39 Å². The highest BCUT2D eigenvalue weighted by Crippen LogP contribution is 2.33. The van der Waals surface area contributed by atoms with Crippen LogP contribution < -0.4 is 0 Å². The van der Waals surface area contributed by atoms with Crippen LogP contribution in [0.5, 0.6) is 0 Å². The van der Waals surface area contributed by atoms with Crippen LogP contribution in [-0.2, 0) is 4.74 Å². The number of rotatable bonds is 1. The van der Waals surface area contributed by atoms with Crippen molar-refractivity contribution in [2.75, 3.05) is 39.8 Å². The number of halogens is 2. The first kappa shape index (κ1) is 14.7. The highest BCUT2D eigenvalue weighted by molar-refractivity contribution is 6.32. The number of fused-ring (bicyclic) bond motifs is 1. The van der Waals surface area contributed by atoms with Crippen LogP contribution in [-0.4, -0.2) is 55.7 Å². The molecule has 0 amide bonds. The van der Waals surface area contributed by atoms with Crippen LogP contribution in [0, 0.1) is 17.1 Å². The van der Waals surface area contributed by atoms with Gasteiger partial charge in [0.15, 0.2) is 0 Å². The van der Waals surface area contributed by atoms with E-state index in [2.05, 4.69) is 16.8 Å². The van der Waals surface area contributed by atoms with E-state index in [1.54, 1.807) is 6.07 Å². The van der Waals surface area contributed by atoms with Crippen LogP contribution in [0.4, 0.5) is 4.39 Å². The zero-order valence-corrected chi connectivity index (χ0v) is 12.6. The molecule has 1 aromatic rings. The lowest BCUT2D eigenvalue weighted by Gasteiger charge is -2.45. The maximum absolute atomic E-state index is 13.5. The summed E-state index contributed by atoms with van der Waals surface area (Å²) < 4.78 is 19.5. The minimum atomic E-state index is -0.584. The van der Waals surface area contributed by atoms with Gasteiger partial charge < -0.3 is 9.64 Å². The topological polar surface area (TPSA) is 39.5 Å². The SMILES string of the molecule is CN1CCN2CC(c3ccc(F)c(C#N)c3Cl)OCC2C1. The summed E-state index contributed by atoms with van der Waals surface area (Å²) in [6.07, 6.45) is -0.204. The Kier molecular flexibility index (Phi) is 4.14. The van der Waals surface area contributed by atoms with E-state index < -0.39 is 5.82 Å². The number of hydrogen-bond acceptors (Lipinski definition) is 4. The molecule has 2 fully saturated rings. The fraction of sp³-hybridized carbons (Fsp3) is 0.533. The fourth-order valence-electron chi connectivity index (χ4n) is 3.05. The lowest BCUT2D eigenvalue weighted by Crippen LogP contribution is -2.57. The summed E-state index contributed by atoms with van der Waals surface area (Å²) in [6.45, 7) is 4.38. The molecule has 3 rings (SSSR count). The molecule has 0 spiro atoms. The van der Waals surface area contributed by atoms with Crippen molar-refractivity contribution < 1.29 is 9.13 Å². The van der Waals surface area contributed by atoms with Gasteiger partial charge in [0.25, 0.3) is 0 Å². The van der Waals surface area contributed by atoms with E-state index in [-0.39, 0.29) is 16.7 Å². The summed E-state index contributed by atoms with van der Waals surface area (Å²) in [6, 6.07) is 5.14. The molecule has 6 heteroatoms. The van der Waals surface area contributed by atoms with E-state index in [1.165, 1.54) is 6.07 Å². The van der Waals surface area contributed by atoms with Gasteiger partial charge in [-0.05, 0) is 13.1 Å². The van der Waals surface area contributed by atoms with Crippen molar-refractivity contribution in [2.45, 2.75) is 12.1 Å². The van der Waals surface area contributed by atoms with Crippen LogP contribution >= 0.6 is 11.6 Å². The van der Waals surface area contributed by atoms with E-state index in [4.69, 9.17) is 21.6 Å². The van der Waals surface area contributed by atoms with Crippen LogP contribution in [0.25, 0.3) is 0 Å². The van der Waals surface area contributed by atoms with Gasteiger partial charge in [0, 0.05) is 37.8 Å². The number of hydrogen-bond donors (Lipinski definition) is 0. The van der Waals surface area contributed by atoms with Gasteiger partial charge in [0.05, 0.1) is 17.7 Å². The van der Waals surface area contributed by atoms with Gasteiger partial charge >= 0.3 is 0 Å². The maximum atomic E-state index is 13.5. The van der Waals surface area contributed by atoms with Crippen molar-refractivity contribution in [1.29, 1.82) is 5.26 Å². The lowest BCUT2D eigenvalue weighted by molar-refractivity contribution is -0.0872. The Morgan fingerprint density at radius 2 is 2.19 bits per heavy atom. The predicted octanol–water partition coefficient (Wildman–Crippen LogP) is 2.04. The molecule has 2 unspecified atom stereocenters. The molecule has 112 valence electrons. The smallest absolute Gasteiger partial charge is 0.142 e. The monoisotopic (exact) mass is 309 g/mol. The first-order chi connectivity index (χ1) is 10.1. The summed E-state index contributed by atoms with van der Waals surface area (Å²) in [5.74, 6) is -0.584. The normalized spacial score (nSPS) is 27.1. The van der Waals surface area contributed by atoms with Gasteiger partial charge in [0.2, 0.25) is 0 Å². The highest BCUT2D eigenvalue weighted by Gasteiger charge is 2.34. The summed E-state index contributed by atoms with van der Waals surface area (Å²) in [4.78, 5) is 4.68. The number of nitrogens with zero attached hydrogens (tertiary/aromatic N) is 3. The molecule has 0 radical (unpaired) electrons. The Balaban J connectivity index is 1.82. The molecule has 0 bridgehead atoms. The molecule has 2 aliphatic heterocycles. The minimum absolute atomic E-state index is 0.0988. The van der Waals surface area contributed by atoms with Gasteiger partial charge in [-0.25, -0.2) is 4.39 Å². The first-order valence-electron chi connectivity index (χ1n) is 7.02. The van der Waals surface area contributed by atoms with Crippen molar-refractivity contribution >= 4 is 11.6 Å². The van der Waals surface area contributed by atoms with Gasteiger partial charge in [-0.15, -0.1) is 0 Å². The Hall–Kier alpha value is -1.19. The first-order valence-corrected chi connectivity index (χ1v) is 7.40. The number of morpholine rings is 1. The Morgan fingerprint density at radius 3 is 2.95 bits per heavy atom. The lowest BCUT2D eigenvalue weighted by atomic mass is 10.0. The zero-order chi connectivity index (χ0) is 15.0. The third-order valence-electron chi connectivity index (χ3n) is 4.28. The standard InChI is InChI=1S/C15H17ClFN3O/c1-19-4-5-20-8-14(21-9-10(20)7-19)11-2-3-13(17)12(6-18)15(11)16/h2-3,10,14H,4-5,7-9H2,1H3. The van der Waals surface area contributed by atoms with Crippen LogP contribution in [0.15, 0.2) is 12.1 Å². The average molecular weight is 310 g/mol. The Bertz CT molecular complexity index is 589. The molecule has 21 heavy (non-hydrogen) atoms. The largest absolute Gasteiger partial charge is 0.370 e. The Morgan fingerprint density at radius 1 is 1.38 bits per heavy atom. The van der Waals surface area contributed by atoms with Gasteiger partial charge in [-0.3, -0.25) is 4.90 Å². The number of ether oxygens (including phenoxy) is 1.